The van der Waals surface area contributed by atoms with Gasteiger partial charge in [-0.15, -0.1) is 0 Å². The van der Waals surface area contributed by atoms with Crippen LogP contribution in [0.1, 0.15) is 0 Å². The van der Waals surface area contributed by atoms with Crippen molar-refractivity contribution in [2.75, 3.05) is 0 Å². The fraction of sp³-hybridized carbons (Fsp3) is 0. The Balaban J connectivity index is 0.000000301. The van der Waals surface area contributed by atoms with Crippen LogP contribution < -0.4 is 21.2 Å². The monoisotopic (exact) mass is 820 g/mol. The number of hydrogen-bond donors (Lipinski definition) is 0. The molecular formula is C28H28Au2P2. The Labute approximate surface area is 227 Å². The zero-order valence-electron chi connectivity index (χ0n) is 17.9. The summed E-state index contributed by atoms with van der Waals surface area (Å²) >= 11 is 0. The largest absolute Gasteiger partial charge is 1.00 e. The van der Waals surface area contributed by atoms with E-state index in [2.05, 4.69) is 75.2 Å². The van der Waals surface area contributed by atoms with Crippen LogP contribution in [0.15, 0.2) is 121 Å². The van der Waals surface area contributed by atoms with Crippen LogP contribution in [0.5, 0.6) is 0 Å². The molecule has 0 saturated carbocycles. The van der Waals surface area contributed by atoms with Gasteiger partial charge in [-0.1, -0.05) is 72.8 Å². The Hall–Kier alpha value is -0.779. The van der Waals surface area contributed by atoms with Crippen LogP contribution in [0.3, 0.4) is 0 Å². The molecule has 4 aromatic carbocycles. The Bertz CT molecular complexity index is 850. The molecule has 0 saturated heterocycles. The van der Waals surface area contributed by atoms with Gasteiger partial charge < -0.3 is 0 Å². The van der Waals surface area contributed by atoms with Gasteiger partial charge in [-0.2, -0.15) is 41.2 Å². The van der Waals surface area contributed by atoms with Crippen molar-refractivity contribution in [2.24, 2.45) is 0 Å². The summed E-state index contributed by atoms with van der Waals surface area (Å²) in [5.41, 5.74) is 0. The van der Waals surface area contributed by atoms with Gasteiger partial charge in [0.1, 0.15) is 0 Å². The van der Waals surface area contributed by atoms with E-state index in [0.29, 0.717) is 0 Å². The minimum absolute atomic E-state index is 0. The van der Waals surface area contributed by atoms with Gasteiger partial charge in [-0.25, -0.2) is 0 Å². The van der Waals surface area contributed by atoms with Crippen molar-refractivity contribution in [2.45, 2.75) is 0 Å². The van der Waals surface area contributed by atoms with E-state index < -0.39 is 14.5 Å². The van der Waals surface area contributed by atoms with Crippen molar-refractivity contribution in [1.82, 2.24) is 0 Å². The van der Waals surface area contributed by atoms with Crippen molar-refractivity contribution in [3.8, 4) is 0 Å². The van der Waals surface area contributed by atoms with Crippen LogP contribution in [-0.4, -0.2) is 0 Å². The van der Waals surface area contributed by atoms with Crippen molar-refractivity contribution < 1.29 is 44.8 Å². The minimum Gasteiger partial charge on any atom is -0.199 e. The van der Waals surface area contributed by atoms with E-state index in [1.165, 1.54) is 21.2 Å². The molecule has 4 heteroatoms. The van der Waals surface area contributed by atoms with Crippen LogP contribution in [0.4, 0.5) is 0 Å². The van der Waals surface area contributed by atoms with Gasteiger partial charge in [0.15, 0.2) is 0 Å². The SMILES string of the molecule is [Au+].[Au+].[CH2-][P+]([CH2-])(c1ccccc1)c1ccccc1.[CH2-][P+]([CH2-])(c1ccccc1)c1ccccc1. The maximum atomic E-state index is 4.31. The summed E-state index contributed by atoms with van der Waals surface area (Å²) in [5, 5.41) is 4.99. The molecule has 0 aliphatic carbocycles. The van der Waals surface area contributed by atoms with E-state index in [1.54, 1.807) is 0 Å². The molecule has 0 aliphatic rings. The first-order valence-electron chi connectivity index (χ1n) is 9.80. The Kier molecular flexibility index (Phi) is 12.6. The normalized spacial score (nSPS) is 10.6. The molecule has 0 radical (unpaired) electrons. The van der Waals surface area contributed by atoms with Gasteiger partial charge in [0.25, 0.3) is 0 Å². The maximum absolute atomic E-state index is 4.31. The van der Waals surface area contributed by atoms with Gasteiger partial charge >= 0.3 is 44.8 Å². The molecule has 32 heavy (non-hydrogen) atoms. The fourth-order valence-electron chi connectivity index (χ4n) is 3.15. The summed E-state index contributed by atoms with van der Waals surface area (Å²) in [4.78, 5) is 0. The average molecular weight is 820 g/mol. The summed E-state index contributed by atoms with van der Waals surface area (Å²) in [5.74, 6) is 0. The number of hydrogen-bond acceptors (Lipinski definition) is 0. The third kappa shape index (κ3) is 7.63. The van der Waals surface area contributed by atoms with Gasteiger partial charge in [0, 0.05) is 21.2 Å². The van der Waals surface area contributed by atoms with Crippen molar-refractivity contribution in [1.29, 1.82) is 0 Å². The molecule has 0 unspecified atom stereocenters. The van der Waals surface area contributed by atoms with Crippen LogP contribution in [0.25, 0.3) is 0 Å². The topological polar surface area (TPSA) is 0 Å². The van der Waals surface area contributed by atoms with Crippen LogP contribution in [0, 0.1) is 26.7 Å². The van der Waals surface area contributed by atoms with E-state index >= 15 is 0 Å². The Morgan fingerprint density at radius 3 is 0.625 bits per heavy atom. The standard InChI is InChI=1S/2C14H14P.2Au/c2*1-15(2,13-9-5-3-6-10-13)14-11-7-4-8-12-14;;/h2*3-12H,1-2H2;;/q2*-1;2*+1. The molecule has 0 N–H and O–H groups in total. The van der Waals surface area contributed by atoms with Gasteiger partial charge in [0.05, 0.1) is 0 Å². The average Bonchev–Trinajstić information content (AvgIpc) is 2.82. The molecule has 4 aromatic rings. The predicted octanol–water partition coefficient (Wildman–Crippen LogP) is 6.47. The van der Waals surface area contributed by atoms with Crippen LogP contribution in [0.2, 0.25) is 0 Å². The molecule has 0 heterocycles. The molecular weight excluding hydrogens is 792 g/mol. The van der Waals surface area contributed by atoms with Gasteiger partial charge in [-0.05, 0) is 48.5 Å². The predicted molar refractivity (Wildman–Crippen MR) is 140 cm³/mol. The van der Waals surface area contributed by atoms with Gasteiger partial charge in [0.2, 0.25) is 0 Å². The molecule has 0 aromatic heterocycles. The minimum atomic E-state index is -1.65. The molecule has 0 aliphatic heterocycles. The van der Waals surface area contributed by atoms with E-state index in [0.717, 1.165) is 0 Å². The Morgan fingerprint density at radius 1 is 0.312 bits per heavy atom. The van der Waals surface area contributed by atoms with E-state index in [9.17, 15) is 0 Å². The zero-order chi connectivity index (χ0) is 21.5. The molecule has 0 bridgehead atoms. The first kappa shape index (κ1) is 29.3. The van der Waals surface area contributed by atoms with Crippen molar-refractivity contribution in [3.63, 3.8) is 0 Å². The molecule has 4 rings (SSSR count). The molecule has 0 amide bonds. The first-order chi connectivity index (χ1) is 14.4. The molecule has 0 fully saturated rings. The fourth-order valence-corrected chi connectivity index (χ4v) is 6.72. The number of benzene rings is 4. The number of rotatable bonds is 4. The zero-order valence-corrected chi connectivity index (χ0v) is 24.0. The third-order valence-corrected chi connectivity index (χ3v) is 10.1. The summed E-state index contributed by atoms with van der Waals surface area (Å²) in [6.45, 7) is 17.2. The maximum Gasteiger partial charge on any atom is 1.00 e. The van der Waals surface area contributed by atoms with Crippen LogP contribution >= 0.6 is 14.5 Å². The molecule has 0 spiro atoms. The molecule has 0 nitrogen and oxygen atoms in total. The summed E-state index contributed by atoms with van der Waals surface area (Å²) in [6.07, 6.45) is 0. The molecule has 0 atom stereocenters. The second kappa shape index (κ2) is 13.8. The van der Waals surface area contributed by atoms with Crippen molar-refractivity contribution >= 4 is 35.7 Å². The summed E-state index contributed by atoms with van der Waals surface area (Å²) in [7, 11) is -3.29. The van der Waals surface area contributed by atoms with Crippen LogP contribution in [-0.2, 0) is 44.8 Å². The van der Waals surface area contributed by atoms with Crippen molar-refractivity contribution in [3.05, 3.63) is 148 Å². The third-order valence-electron chi connectivity index (χ3n) is 5.00. The van der Waals surface area contributed by atoms with E-state index in [4.69, 9.17) is 0 Å². The smallest absolute Gasteiger partial charge is 0.199 e. The second-order valence-corrected chi connectivity index (χ2v) is 13.2. The summed E-state index contributed by atoms with van der Waals surface area (Å²) in [6, 6.07) is 41.3. The van der Waals surface area contributed by atoms with Gasteiger partial charge in [-0.3, -0.25) is 0 Å². The second-order valence-electron chi connectivity index (χ2n) is 7.28. The van der Waals surface area contributed by atoms with E-state index in [1.807, 2.05) is 72.8 Å². The Morgan fingerprint density at radius 2 is 0.469 bits per heavy atom. The van der Waals surface area contributed by atoms with E-state index in [-0.39, 0.29) is 44.8 Å². The quantitative estimate of drug-likeness (QED) is 0.126. The summed E-state index contributed by atoms with van der Waals surface area (Å²) < 4.78 is 0. The first-order valence-corrected chi connectivity index (χ1v) is 14.1. The molecule has 172 valence electrons.